The zero-order chi connectivity index (χ0) is 13.0. The van der Waals surface area contributed by atoms with Crippen LogP contribution < -0.4 is 0 Å². The first kappa shape index (κ1) is 16.7. The molecule has 0 radical (unpaired) electrons. The molecule has 1 nitrogen and oxygen atoms in total. The fourth-order valence-electron chi connectivity index (χ4n) is 0.990. The molecule has 0 atom stereocenters. The van der Waals surface area contributed by atoms with Gasteiger partial charge < -0.3 is 5.11 Å². The van der Waals surface area contributed by atoms with Crippen LogP contribution in [0, 0.1) is 0 Å². The first-order valence-electron chi connectivity index (χ1n) is 5.34. The highest BCUT2D eigenvalue weighted by molar-refractivity contribution is 5.49. The SMILES string of the molecule is C=C\C=C/C(=C\C)C(=C/C=C)/C(=C)O.CC. The lowest BCUT2D eigenvalue weighted by Gasteiger charge is -2.05. The Morgan fingerprint density at radius 3 is 2.00 bits per heavy atom. The van der Waals surface area contributed by atoms with Gasteiger partial charge in [-0.05, 0) is 12.5 Å². The predicted octanol–water partition coefficient (Wildman–Crippen LogP) is 4.89. The maximum atomic E-state index is 9.33. The number of hydrogen-bond acceptors (Lipinski definition) is 1. The standard InChI is InChI=1S/C13H16O.C2H6/c1-5-8-10-12(7-3)13(9-6-2)11(4)14;1-2/h5-10,14H,1-2,4H2,3H3;1-2H3/b10-8-,12-7+,13-9+;. The van der Waals surface area contributed by atoms with Crippen LogP contribution in [-0.4, -0.2) is 5.11 Å². The van der Waals surface area contributed by atoms with Crippen LogP contribution in [0.2, 0.25) is 0 Å². The topological polar surface area (TPSA) is 20.2 Å². The van der Waals surface area contributed by atoms with E-state index in [1.807, 2.05) is 32.9 Å². The quantitative estimate of drug-likeness (QED) is 0.515. The van der Waals surface area contributed by atoms with Crippen LogP contribution >= 0.6 is 0 Å². The van der Waals surface area contributed by atoms with Gasteiger partial charge in [0.1, 0.15) is 5.76 Å². The fourth-order valence-corrected chi connectivity index (χ4v) is 0.990. The van der Waals surface area contributed by atoms with Crippen molar-refractivity contribution in [1.29, 1.82) is 0 Å². The molecule has 0 saturated carbocycles. The molecule has 16 heavy (non-hydrogen) atoms. The van der Waals surface area contributed by atoms with Crippen molar-refractivity contribution in [2.75, 3.05) is 0 Å². The molecule has 0 aliphatic heterocycles. The van der Waals surface area contributed by atoms with E-state index in [1.165, 1.54) is 0 Å². The van der Waals surface area contributed by atoms with Crippen molar-refractivity contribution in [3.63, 3.8) is 0 Å². The smallest absolute Gasteiger partial charge is 0.116 e. The monoisotopic (exact) mass is 218 g/mol. The van der Waals surface area contributed by atoms with Crippen molar-refractivity contribution in [1.82, 2.24) is 0 Å². The second-order valence-electron chi connectivity index (χ2n) is 2.60. The number of aliphatic hydroxyl groups is 1. The van der Waals surface area contributed by atoms with Crippen molar-refractivity contribution in [3.05, 3.63) is 73.1 Å². The molecule has 0 aliphatic rings. The molecule has 0 unspecified atom stereocenters. The van der Waals surface area contributed by atoms with E-state index in [9.17, 15) is 5.11 Å². The Labute approximate surface area is 99.5 Å². The summed E-state index contributed by atoms with van der Waals surface area (Å²) in [6.07, 6.45) is 10.5. The summed E-state index contributed by atoms with van der Waals surface area (Å²) < 4.78 is 0. The van der Waals surface area contributed by atoms with Crippen LogP contribution in [0.4, 0.5) is 0 Å². The maximum absolute atomic E-state index is 9.33. The van der Waals surface area contributed by atoms with E-state index in [0.717, 1.165) is 5.57 Å². The predicted molar refractivity (Wildman–Crippen MR) is 74.5 cm³/mol. The van der Waals surface area contributed by atoms with Crippen molar-refractivity contribution in [3.8, 4) is 0 Å². The molecular formula is C15H22O. The molecule has 0 spiro atoms. The first-order valence-corrected chi connectivity index (χ1v) is 5.34. The number of aliphatic hydroxyl groups excluding tert-OH is 1. The molecule has 0 saturated heterocycles. The van der Waals surface area contributed by atoms with Crippen molar-refractivity contribution < 1.29 is 5.11 Å². The molecule has 0 fully saturated rings. The molecule has 88 valence electrons. The van der Waals surface area contributed by atoms with Gasteiger partial charge in [-0.1, -0.05) is 70.0 Å². The van der Waals surface area contributed by atoms with Crippen LogP contribution in [0.5, 0.6) is 0 Å². The minimum absolute atomic E-state index is 0.0340. The van der Waals surface area contributed by atoms with Gasteiger partial charge in [0.15, 0.2) is 0 Å². The Morgan fingerprint density at radius 2 is 1.69 bits per heavy atom. The number of hydrogen-bond donors (Lipinski definition) is 1. The van der Waals surface area contributed by atoms with Gasteiger partial charge in [-0.25, -0.2) is 0 Å². The van der Waals surface area contributed by atoms with E-state index >= 15 is 0 Å². The van der Waals surface area contributed by atoms with Gasteiger partial charge in [0.25, 0.3) is 0 Å². The van der Waals surface area contributed by atoms with E-state index in [1.54, 1.807) is 24.3 Å². The zero-order valence-corrected chi connectivity index (χ0v) is 10.5. The summed E-state index contributed by atoms with van der Waals surface area (Å²) in [4.78, 5) is 0. The summed E-state index contributed by atoms with van der Waals surface area (Å²) in [6.45, 7) is 16.5. The van der Waals surface area contributed by atoms with Crippen LogP contribution in [-0.2, 0) is 0 Å². The molecule has 0 aromatic rings. The fraction of sp³-hybridized carbons (Fsp3) is 0.200. The van der Waals surface area contributed by atoms with Gasteiger partial charge in [0.2, 0.25) is 0 Å². The molecule has 1 N–H and O–H groups in total. The maximum Gasteiger partial charge on any atom is 0.116 e. The normalized spacial score (nSPS) is 11.7. The average molecular weight is 218 g/mol. The average Bonchev–Trinajstić information content (AvgIpc) is 2.31. The number of rotatable bonds is 5. The molecule has 0 bridgehead atoms. The Morgan fingerprint density at radius 1 is 1.12 bits per heavy atom. The van der Waals surface area contributed by atoms with Gasteiger partial charge in [0, 0.05) is 5.57 Å². The van der Waals surface area contributed by atoms with Crippen LogP contribution in [0.1, 0.15) is 20.8 Å². The molecule has 0 heterocycles. The number of allylic oxidation sites excluding steroid dienone is 7. The van der Waals surface area contributed by atoms with Gasteiger partial charge >= 0.3 is 0 Å². The van der Waals surface area contributed by atoms with Crippen molar-refractivity contribution in [2.24, 2.45) is 0 Å². The van der Waals surface area contributed by atoms with Crippen LogP contribution in [0.25, 0.3) is 0 Å². The van der Waals surface area contributed by atoms with Gasteiger partial charge in [-0.3, -0.25) is 0 Å². The second kappa shape index (κ2) is 11.3. The first-order chi connectivity index (χ1) is 7.67. The summed E-state index contributed by atoms with van der Waals surface area (Å²) in [5, 5.41) is 9.33. The Bertz CT molecular complexity index is 314. The third-order valence-electron chi connectivity index (χ3n) is 1.63. The Balaban J connectivity index is 0. The minimum Gasteiger partial charge on any atom is -0.508 e. The third-order valence-corrected chi connectivity index (χ3v) is 1.63. The molecule has 0 rings (SSSR count). The summed E-state index contributed by atoms with van der Waals surface area (Å²) in [5.74, 6) is 0.0340. The lowest BCUT2D eigenvalue weighted by Crippen LogP contribution is -1.89. The molecule has 0 amide bonds. The minimum atomic E-state index is 0.0340. The Hall–Kier alpha value is -1.76. The van der Waals surface area contributed by atoms with Crippen LogP contribution in [0.15, 0.2) is 73.1 Å². The lowest BCUT2D eigenvalue weighted by atomic mass is 10.0. The van der Waals surface area contributed by atoms with E-state index in [0.29, 0.717) is 5.57 Å². The summed E-state index contributed by atoms with van der Waals surface area (Å²) in [7, 11) is 0. The third kappa shape index (κ3) is 6.66. The molecule has 0 aliphatic carbocycles. The molecule has 0 aromatic carbocycles. The van der Waals surface area contributed by atoms with Gasteiger partial charge in [-0.2, -0.15) is 0 Å². The van der Waals surface area contributed by atoms with Crippen molar-refractivity contribution in [2.45, 2.75) is 20.8 Å². The molecular weight excluding hydrogens is 196 g/mol. The van der Waals surface area contributed by atoms with E-state index in [4.69, 9.17) is 0 Å². The highest BCUT2D eigenvalue weighted by atomic mass is 16.3. The van der Waals surface area contributed by atoms with Gasteiger partial charge in [-0.15, -0.1) is 0 Å². The van der Waals surface area contributed by atoms with E-state index < -0.39 is 0 Å². The molecule has 1 heteroatoms. The lowest BCUT2D eigenvalue weighted by molar-refractivity contribution is 0.428. The van der Waals surface area contributed by atoms with E-state index in [-0.39, 0.29) is 5.76 Å². The summed E-state index contributed by atoms with van der Waals surface area (Å²) in [6, 6.07) is 0. The largest absolute Gasteiger partial charge is 0.508 e. The highest BCUT2D eigenvalue weighted by Gasteiger charge is 2.02. The van der Waals surface area contributed by atoms with E-state index in [2.05, 4.69) is 19.7 Å². The second-order valence-corrected chi connectivity index (χ2v) is 2.60. The summed E-state index contributed by atoms with van der Waals surface area (Å²) >= 11 is 0. The highest BCUT2D eigenvalue weighted by Crippen LogP contribution is 2.17. The van der Waals surface area contributed by atoms with Crippen LogP contribution in [0.3, 0.4) is 0 Å². The summed E-state index contributed by atoms with van der Waals surface area (Å²) in [5.41, 5.74) is 1.55. The Kier molecular flexibility index (Phi) is 11.8. The zero-order valence-electron chi connectivity index (χ0n) is 10.5. The van der Waals surface area contributed by atoms with Crippen molar-refractivity contribution >= 4 is 0 Å². The molecule has 0 aromatic heterocycles. The van der Waals surface area contributed by atoms with Gasteiger partial charge in [0.05, 0.1) is 0 Å².